The lowest BCUT2D eigenvalue weighted by molar-refractivity contribution is 0.101. The van der Waals surface area contributed by atoms with Crippen molar-refractivity contribution in [3.8, 4) is 0 Å². The Labute approximate surface area is 254 Å². The molecule has 2 fully saturated rings. The van der Waals surface area contributed by atoms with Crippen molar-refractivity contribution < 1.29 is 9.21 Å². The van der Waals surface area contributed by atoms with Crippen LogP contribution in [-0.4, -0.2) is 78.3 Å². The molecule has 0 amide bonds. The molecule has 5 aromatic rings. The molecule has 0 radical (unpaired) electrons. The topological polar surface area (TPSA) is 94.7 Å². The molecule has 0 spiro atoms. The Morgan fingerprint density at radius 3 is 2.14 bits per heavy atom. The molecule has 0 atom stereocenters. The van der Waals surface area contributed by atoms with Gasteiger partial charge in [-0.1, -0.05) is 58.7 Å². The van der Waals surface area contributed by atoms with E-state index in [0.29, 0.717) is 29.9 Å². The number of carbonyl (C=O) groups is 1. The van der Waals surface area contributed by atoms with Gasteiger partial charge in [0.1, 0.15) is 5.82 Å². The first-order chi connectivity index (χ1) is 21.1. The summed E-state index contributed by atoms with van der Waals surface area (Å²) in [5, 5.41) is 10.0. The lowest BCUT2D eigenvalue weighted by Crippen LogP contribution is -2.48. The van der Waals surface area contributed by atoms with E-state index in [1.165, 1.54) is 17.4 Å². The van der Waals surface area contributed by atoms with Gasteiger partial charge in [0.15, 0.2) is 5.78 Å². The number of anilines is 4. The highest BCUT2D eigenvalue weighted by molar-refractivity contribution is 7.99. The molecule has 0 aliphatic carbocycles. The molecule has 0 N–H and O–H groups in total. The van der Waals surface area contributed by atoms with E-state index in [4.69, 9.17) is 14.4 Å². The molecular formula is C32H32N8O2S. The second kappa shape index (κ2) is 11.9. The summed E-state index contributed by atoms with van der Waals surface area (Å²) in [5.41, 5.74) is 2.87. The lowest BCUT2D eigenvalue weighted by atomic mass is 10.1. The molecule has 3 aromatic carbocycles. The van der Waals surface area contributed by atoms with Crippen molar-refractivity contribution in [2.24, 2.45) is 0 Å². The van der Waals surface area contributed by atoms with Crippen molar-refractivity contribution in [2.45, 2.75) is 17.0 Å². The number of benzene rings is 3. The van der Waals surface area contributed by atoms with Crippen molar-refractivity contribution >= 4 is 51.9 Å². The SMILES string of the molecule is CC(=O)c1ccccc1Sc1nnc(N2CCN(c3nc(N4CCN(c5ccccc5)CC4)c4ccccc4n3)CC2)o1. The minimum Gasteiger partial charge on any atom is -0.397 e. The number of para-hydroxylation sites is 2. The van der Waals surface area contributed by atoms with Crippen molar-refractivity contribution in [1.82, 2.24) is 20.2 Å². The van der Waals surface area contributed by atoms with Gasteiger partial charge in [-0.2, -0.15) is 4.98 Å². The predicted octanol–water partition coefficient (Wildman–Crippen LogP) is 5.02. The Bertz CT molecular complexity index is 1730. The Balaban J connectivity index is 1.04. The Hall–Kier alpha value is -4.64. The van der Waals surface area contributed by atoms with Crippen LogP contribution in [0.25, 0.3) is 10.9 Å². The number of hydrogen-bond donors (Lipinski definition) is 0. The number of aromatic nitrogens is 4. The fraction of sp³-hybridized carbons (Fsp3) is 0.281. The van der Waals surface area contributed by atoms with Gasteiger partial charge in [0.05, 0.1) is 5.52 Å². The van der Waals surface area contributed by atoms with Crippen molar-refractivity contribution in [3.63, 3.8) is 0 Å². The molecule has 10 nitrogen and oxygen atoms in total. The van der Waals surface area contributed by atoms with Crippen molar-refractivity contribution in [2.75, 3.05) is 72.0 Å². The van der Waals surface area contributed by atoms with Gasteiger partial charge >= 0.3 is 6.01 Å². The molecule has 11 heteroatoms. The number of ketones is 1. The maximum Gasteiger partial charge on any atom is 0.318 e. The first-order valence-corrected chi connectivity index (χ1v) is 15.4. The molecular weight excluding hydrogens is 560 g/mol. The van der Waals surface area contributed by atoms with E-state index in [0.717, 1.165) is 66.8 Å². The largest absolute Gasteiger partial charge is 0.397 e. The van der Waals surface area contributed by atoms with Crippen LogP contribution in [-0.2, 0) is 0 Å². The summed E-state index contributed by atoms with van der Waals surface area (Å²) in [4.78, 5) is 32.1. The van der Waals surface area contributed by atoms with Gasteiger partial charge in [0.2, 0.25) is 5.95 Å². The molecule has 43 heavy (non-hydrogen) atoms. The number of hydrogen-bond acceptors (Lipinski definition) is 11. The molecule has 0 unspecified atom stereocenters. The van der Waals surface area contributed by atoms with Crippen LogP contribution in [0.1, 0.15) is 17.3 Å². The second-order valence-electron chi connectivity index (χ2n) is 10.7. The lowest BCUT2D eigenvalue weighted by Gasteiger charge is -2.38. The normalized spacial score (nSPS) is 15.7. The van der Waals surface area contributed by atoms with Gasteiger partial charge in [-0.05, 0) is 49.0 Å². The molecule has 2 aromatic heterocycles. The van der Waals surface area contributed by atoms with Crippen LogP contribution in [0, 0.1) is 0 Å². The Morgan fingerprint density at radius 1 is 0.698 bits per heavy atom. The summed E-state index contributed by atoms with van der Waals surface area (Å²) >= 11 is 1.31. The van der Waals surface area contributed by atoms with Crippen molar-refractivity contribution in [3.05, 3.63) is 84.4 Å². The maximum absolute atomic E-state index is 12.0. The second-order valence-corrected chi connectivity index (χ2v) is 11.6. The molecule has 4 heterocycles. The van der Waals surface area contributed by atoms with Crippen LogP contribution in [0.4, 0.5) is 23.5 Å². The fourth-order valence-electron chi connectivity index (χ4n) is 5.66. The molecule has 0 saturated carbocycles. The predicted molar refractivity (Wildman–Crippen MR) is 170 cm³/mol. The summed E-state index contributed by atoms with van der Waals surface area (Å²) < 4.78 is 5.99. The number of fused-ring (bicyclic) bond motifs is 1. The van der Waals surface area contributed by atoms with Gasteiger partial charge < -0.3 is 24.0 Å². The molecule has 2 saturated heterocycles. The number of piperazine rings is 2. The molecule has 0 bridgehead atoms. The highest BCUT2D eigenvalue weighted by Gasteiger charge is 2.26. The Kier molecular flexibility index (Phi) is 7.55. The zero-order valence-electron chi connectivity index (χ0n) is 24.0. The molecule has 2 aliphatic rings. The smallest absolute Gasteiger partial charge is 0.318 e. The van der Waals surface area contributed by atoms with Crippen LogP contribution in [0.15, 0.2) is 93.4 Å². The van der Waals surface area contributed by atoms with Gasteiger partial charge in [-0.3, -0.25) is 4.79 Å². The van der Waals surface area contributed by atoms with E-state index in [-0.39, 0.29) is 5.78 Å². The zero-order valence-corrected chi connectivity index (χ0v) is 24.8. The quantitative estimate of drug-likeness (QED) is 0.239. The molecule has 7 rings (SSSR count). The van der Waals surface area contributed by atoms with E-state index in [2.05, 4.69) is 78.3 Å². The fourth-order valence-corrected chi connectivity index (χ4v) is 6.51. The first kappa shape index (κ1) is 27.2. The monoisotopic (exact) mass is 592 g/mol. The first-order valence-electron chi connectivity index (χ1n) is 14.6. The molecule has 2 aliphatic heterocycles. The van der Waals surface area contributed by atoms with Crippen LogP contribution >= 0.6 is 11.8 Å². The number of Topliss-reactive ketones (excluding diaryl/α,β-unsaturated/α-hetero) is 1. The minimum absolute atomic E-state index is 0.00692. The van der Waals surface area contributed by atoms with E-state index in [9.17, 15) is 4.79 Å². The van der Waals surface area contributed by atoms with E-state index in [1.807, 2.05) is 30.3 Å². The van der Waals surface area contributed by atoms with Gasteiger partial charge in [0.25, 0.3) is 5.22 Å². The number of nitrogens with zero attached hydrogens (tertiary/aromatic N) is 8. The summed E-state index contributed by atoms with van der Waals surface area (Å²) in [7, 11) is 0. The third kappa shape index (κ3) is 5.72. The average Bonchev–Trinajstić information content (AvgIpc) is 3.53. The summed E-state index contributed by atoms with van der Waals surface area (Å²) in [6, 6.07) is 26.8. The van der Waals surface area contributed by atoms with Crippen LogP contribution < -0.4 is 19.6 Å². The third-order valence-electron chi connectivity index (χ3n) is 7.96. The van der Waals surface area contributed by atoms with E-state index >= 15 is 0 Å². The minimum atomic E-state index is 0.00692. The molecule has 218 valence electrons. The number of rotatable bonds is 7. The summed E-state index contributed by atoms with van der Waals surface area (Å²) in [6.45, 7) is 8.13. The summed E-state index contributed by atoms with van der Waals surface area (Å²) in [6.07, 6.45) is 0. The van der Waals surface area contributed by atoms with Crippen LogP contribution in [0.3, 0.4) is 0 Å². The van der Waals surface area contributed by atoms with Gasteiger partial charge in [-0.15, -0.1) is 0 Å². The standard InChI is InChI=1S/C32H32N8O2S/c1-23(41)25-11-6-8-14-28(25)43-32-36-35-31(42-32)40-21-19-39(20-22-40)30-33-27-13-7-5-12-26(27)29(34-30)38-17-15-37(16-18-38)24-9-3-2-4-10-24/h2-14H,15-22H2,1H3. The third-order valence-corrected chi connectivity index (χ3v) is 8.88. The average molecular weight is 593 g/mol. The van der Waals surface area contributed by atoms with Crippen LogP contribution in [0.2, 0.25) is 0 Å². The van der Waals surface area contributed by atoms with Gasteiger partial charge in [-0.25, -0.2) is 4.98 Å². The Morgan fingerprint density at radius 2 is 1.35 bits per heavy atom. The van der Waals surface area contributed by atoms with E-state index in [1.54, 1.807) is 6.92 Å². The van der Waals surface area contributed by atoms with Crippen molar-refractivity contribution in [1.29, 1.82) is 0 Å². The highest BCUT2D eigenvalue weighted by atomic mass is 32.2. The van der Waals surface area contributed by atoms with Crippen LogP contribution in [0.5, 0.6) is 0 Å². The van der Waals surface area contributed by atoms with E-state index < -0.39 is 0 Å². The highest BCUT2D eigenvalue weighted by Crippen LogP contribution is 2.32. The maximum atomic E-state index is 12.0. The number of carbonyl (C=O) groups excluding carboxylic acids is 1. The zero-order chi connectivity index (χ0) is 29.2. The van der Waals surface area contributed by atoms with Gasteiger partial charge in [0, 0.05) is 73.9 Å². The summed E-state index contributed by atoms with van der Waals surface area (Å²) in [5.74, 6) is 1.76.